The third-order valence-electron chi connectivity index (χ3n) is 3.66. The topological polar surface area (TPSA) is 49.3 Å². The van der Waals surface area contributed by atoms with Gasteiger partial charge in [0.2, 0.25) is 5.91 Å². The predicted molar refractivity (Wildman–Crippen MR) is 86.1 cm³/mol. The lowest BCUT2D eigenvalue weighted by atomic mass is 10.1. The zero-order valence-corrected chi connectivity index (χ0v) is 13.7. The Hall–Kier alpha value is -0.640. The average Bonchev–Trinajstić information content (AvgIpc) is 2.45. The number of unbranched alkanes of at least 4 members (excludes halogenated alkanes) is 8. The average molecular weight is 303 g/mol. The molecule has 0 saturated carbocycles. The van der Waals surface area contributed by atoms with Crippen LogP contribution in [0.2, 0.25) is 0 Å². The summed E-state index contributed by atoms with van der Waals surface area (Å²) in [5.41, 5.74) is 0. The molecule has 0 bridgehead atoms. The summed E-state index contributed by atoms with van der Waals surface area (Å²) in [6.07, 6.45) is 11.7. The highest BCUT2D eigenvalue weighted by Crippen LogP contribution is 2.10. The molecule has 0 spiro atoms. The summed E-state index contributed by atoms with van der Waals surface area (Å²) in [4.78, 5) is 11.5. The zero-order valence-electron chi connectivity index (χ0n) is 13.7. The number of amides is 1. The summed E-state index contributed by atoms with van der Waals surface area (Å²) in [7, 11) is 0. The van der Waals surface area contributed by atoms with Crippen molar-refractivity contribution in [2.75, 3.05) is 13.2 Å². The van der Waals surface area contributed by atoms with Crippen LogP contribution in [0, 0.1) is 0 Å². The predicted octanol–water partition coefficient (Wildman–Crippen LogP) is 4.13. The van der Waals surface area contributed by atoms with Crippen molar-refractivity contribution in [2.24, 2.45) is 0 Å². The highest BCUT2D eigenvalue weighted by molar-refractivity contribution is 5.75. The van der Waals surface area contributed by atoms with Crippen LogP contribution in [-0.4, -0.2) is 30.3 Å². The van der Waals surface area contributed by atoms with E-state index in [4.69, 9.17) is 5.11 Å². The van der Waals surface area contributed by atoms with Crippen molar-refractivity contribution in [1.29, 1.82) is 0 Å². The van der Waals surface area contributed by atoms with Crippen LogP contribution in [0.1, 0.15) is 84.0 Å². The van der Waals surface area contributed by atoms with Crippen LogP contribution in [0.25, 0.3) is 0 Å². The number of aliphatic hydroxyl groups excluding tert-OH is 1. The first kappa shape index (κ1) is 20.4. The number of hydrogen-bond acceptors (Lipinski definition) is 2. The maximum Gasteiger partial charge on any atom is 0.219 e. The molecule has 0 rings (SSSR count). The van der Waals surface area contributed by atoms with Crippen LogP contribution < -0.4 is 5.32 Å². The van der Waals surface area contributed by atoms with Crippen molar-refractivity contribution in [3.05, 3.63) is 0 Å². The summed E-state index contributed by atoms with van der Waals surface area (Å²) >= 11 is 0. The Labute approximate surface area is 129 Å². The van der Waals surface area contributed by atoms with Gasteiger partial charge in [0.15, 0.2) is 0 Å². The number of rotatable bonds is 15. The molecule has 0 aromatic rings. The lowest BCUT2D eigenvalue weighted by Crippen LogP contribution is -2.24. The molecular formula is C17H34FNO2. The first-order valence-corrected chi connectivity index (χ1v) is 8.67. The summed E-state index contributed by atoms with van der Waals surface area (Å²) in [5.74, 6) is 0.131. The molecule has 0 aliphatic carbocycles. The first-order valence-electron chi connectivity index (χ1n) is 8.67. The molecule has 1 unspecified atom stereocenters. The maximum atomic E-state index is 11.9. The molecule has 0 heterocycles. The Kier molecular flexibility index (Phi) is 15.3. The Balaban J connectivity index is 3.14. The van der Waals surface area contributed by atoms with Crippen LogP contribution in [0.15, 0.2) is 0 Å². The van der Waals surface area contributed by atoms with E-state index in [-0.39, 0.29) is 18.7 Å². The van der Waals surface area contributed by atoms with Crippen molar-refractivity contribution in [2.45, 2.75) is 90.1 Å². The molecule has 4 heteroatoms. The van der Waals surface area contributed by atoms with Gasteiger partial charge in [0.25, 0.3) is 0 Å². The quantitative estimate of drug-likeness (QED) is 0.447. The van der Waals surface area contributed by atoms with Gasteiger partial charge in [-0.05, 0) is 32.6 Å². The highest BCUT2D eigenvalue weighted by atomic mass is 19.1. The zero-order chi connectivity index (χ0) is 15.8. The standard InChI is InChI=1S/C17H34FNO2/c1-16(20)12-11-15-19-17(21)13-9-7-5-3-2-4-6-8-10-14-18/h16,20H,2-15H2,1H3,(H,19,21). The smallest absolute Gasteiger partial charge is 0.219 e. The van der Waals surface area contributed by atoms with Gasteiger partial charge in [-0.2, -0.15) is 0 Å². The molecule has 0 aromatic heterocycles. The van der Waals surface area contributed by atoms with Gasteiger partial charge >= 0.3 is 0 Å². The molecule has 0 fully saturated rings. The SMILES string of the molecule is CC(O)CCCNC(=O)CCCCCCCCCCCF. The van der Waals surface area contributed by atoms with E-state index < -0.39 is 0 Å². The van der Waals surface area contributed by atoms with E-state index in [0.29, 0.717) is 19.4 Å². The summed E-state index contributed by atoms with van der Waals surface area (Å²) in [6.45, 7) is 2.26. The van der Waals surface area contributed by atoms with Crippen LogP contribution in [0.3, 0.4) is 0 Å². The second-order valence-corrected chi connectivity index (χ2v) is 5.96. The van der Waals surface area contributed by atoms with Crippen molar-refractivity contribution in [3.8, 4) is 0 Å². The molecule has 0 aliphatic heterocycles. The summed E-state index contributed by atoms with van der Waals surface area (Å²) < 4.78 is 11.9. The molecule has 0 saturated heterocycles. The Morgan fingerprint density at radius 2 is 1.48 bits per heavy atom. The molecule has 126 valence electrons. The lowest BCUT2D eigenvalue weighted by Gasteiger charge is -2.06. The minimum Gasteiger partial charge on any atom is -0.393 e. The Bertz CT molecular complexity index is 235. The third-order valence-corrected chi connectivity index (χ3v) is 3.66. The van der Waals surface area contributed by atoms with E-state index in [1.54, 1.807) is 6.92 Å². The van der Waals surface area contributed by atoms with Gasteiger partial charge in [-0.15, -0.1) is 0 Å². The normalized spacial score (nSPS) is 12.3. The van der Waals surface area contributed by atoms with Crippen molar-refractivity contribution in [3.63, 3.8) is 0 Å². The number of nitrogens with one attached hydrogen (secondary N) is 1. The van der Waals surface area contributed by atoms with Crippen LogP contribution in [-0.2, 0) is 4.79 Å². The summed E-state index contributed by atoms with van der Waals surface area (Å²) in [5, 5.41) is 12.0. The Morgan fingerprint density at radius 3 is 2.00 bits per heavy atom. The highest BCUT2D eigenvalue weighted by Gasteiger charge is 2.01. The molecule has 0 aliphatic rings. The van der Waals surface area contributed by atoms with Gasteiger partial charge in [-0.1, -0.05) is 44.9 Å². The van der Waals surface area contributed by atoms with Gasteiger partial charge in [-0.25, -0.2) is 0 Å². The van der Waals surface area contributed by atoms with Gasteiger partial charge in [0.1, 0.15) is 0 Å². The monoisotopic (exact) mass is 303 g/mol. The number of halogens is 1. The van der Waals surface area contributed by atoms with Crippen molar-refractivity contribution in [1.82, 2.24) is 5.32 Å². The molecule has 0 radical (unpaired) electrons. The van der Waals surface area contributed by atoms with Gasteiger partial charge in [0, 0.05) is 13.0 Å². The van der Waals surface area contributed by atoms with E-state index in [1.165, 1.54) is 25.7 Å². The Morgan fingerprint density at radius 1 is 0.952 bits per heavy atom. The number of carbonyl (C=O) groups excluding carboxylic acids is 1. The van der Waals surface area contributed by atoms with E-state index in [1.807, 2.05) is 0 Å². The van der Waals surface area contributed by atoms with Gasteiger partial charge < -0.3 is 10.4 Å². The van der Waals surface area contributed by atoms with Crippen LogP contribution in [0.4, 0.5) is 4.39 Å². The van der Waals surface area contributed by atoms with Crippen LogP contribution in [0.5, 0.6) is 0 Å². The fraction of sp³-hybridized carbons (Fsp3) is 0.941. The van der Waals surface area contributed by atoms with E-state index in [9.17, 15) is 9.18 Å². The minimum absolute atomic E-state index is 0.131. The van der Waals surface area contributed by atoms with E-state index in [2.05, 4.69) is 5.32 Å². The second-order valence-electron chi connectivity index (χ2n) is 5.96. The minimum atomic E-state index is -0.279. The third kappa shape index (κ3) is 17.3. The molecule has 21 heavy (non-hydrogen) atoms. The molecule has 1 atom stereocenters. The number of aliphatic hydroxyl groups is 1. The molecular weight excluding hydrogens is 269 g/mol. The van der Waals surface area contributed by atoms with E-state index in [0.717, 1.165) is 38.5 Å². The molecule has 1 amide bonds. The van der Waals surface area contributed by atoms with Crippen molar-refractivity contribution < 1.29 is 14.3 Å². The summed E-state index contributed by atoms with van der Waals surface area (Å²) in [6, 6.07) is 0. The number of carbonyl (C=O) groups is 1. The van der Waals surface area contributed by atoms with Crippen LogP contribution >= 0.6 is 0 Å². The first-order chi connectivity index (χ1) is 10.2. The maximum absolute atomic E-state index is 11.9. The molecule has 3 nitrogen and oxygen atoms in total. The number of alkyl halides is 1. The molecule has 0 aromatic carbocycles. The lowest BCUT2D eigenvalue weighted by molar-refractivity contribution is -0.121. The largest absolute Gasteiger partial charge is 0.393 e. The van der Waals surface area contributed by atoms with Crippen molar-refractivity contribution >= 4 is 5.91 Å². The van der Waals surface area contributed by atoms with Gasteiger partial charge in [0.05, 0.1) is 12.8 Å². The molecule has 2 N–H and O–H groups in total. The number of hydrogen-bond donors (Lipinski definition) is 2. The van der Waals surface area contributed by atoms with E-state index >= 15 is 0 Å². The fourth-order valence-corrected chi connectivity index (χ4v) is 2.33. The second kappa shape index (κ2) is 15.7. The van der Waals surface area contributed by atoms with Gasteiger partial charge in [-0.3, -0.25) is 9.18 Å². The fourth-order valence-electron chi connectivity index (χ4n) is 2.33.